The van der Waals surface area contributed by atoms with Crippen LogP contribution < -0.4 is 0 Å². The fraction of sp³-hybridized carbons (Fsp3) is 0.414. The zero-order valence-corrected chi connectivity index (χ0v) is 21.8. The first kappa shape index (κ1) is 26.1. The molecule has 2 fully saturated rings. The molecule has 0 spiro atoms. The molecule has 38 heavy (non-hydrogen) atoms. The van der Waals surface area contributed by atoms with E-state index in [0.29, 0.717) is 5.57 Å². The standard InChI is InChI=1S/C29H35N7O2/c1-23(18-30)16-24(4-2-3-5-34-8-12-37-13-9-34)28-21-32-29-27(28)17-25(19-31-29)26-20-33-36(22-26)7-6-35-10-14-38-15-11-35/h2,4,16-17,19-22H,1,3,5-15H2,(H,31,32)/b4-2-,24-16+. The van der Waals surface area contributed by atoms with E-state index in [1.165, 1.54) is 0 Å². The summed E-state index contributed by atoms with van der Waals surface area (Å²) in [4.78, 5) is 12.8. The first-order valence-corrected chi connectivity index (χ1v) is 13.3. The number of aromatic nitrogens is 4. The molecule has 3 aromatic rings. The molecule has 2 aliphatic heterocycles. The lowest BCUT2D eigenvalue weighted by atomic mass is 10.0. The number of H-pyrrole nitrogens is 1. The second kappa shape index (κ2) is 12.8. The van der Waals surface area contributed by atoms with Crippen LogP contribution >= 0.6 is 0 Å². The van der Waals surface area contributed by atoms with Gasteiger partial charge in [0.05, 0.1) is 45.2 Å². The van der Waals surface area contributed by atoms with Crippen LogP contribution in [0.15, 0.2) is 61.2 Å². The maximum absolute atomic E-state index is 9.38. The van der Waals surface area contributed by atoms with Crippen molar-refractivity contribution in [2.24, 2.45) is 0 Å². The van der Waals surface area contributed by atoms with Crippen LogP contribution in [-0.4, -0.2) is 95.2 Å². The third-order valence-corrected chi connectivity index (χ3v) is 7.04. The predicted molar refractivity (Wildman–Crippen MR) is 148 cm³/mol. The highest BCUT2D eigenvalue weighted by Gasteiger charge is 2.13. The average Bonchev–Trinajstić information content (AvgIpc) is 3.61. The van der Waals surface area contributed by atoms with E-state index in [2.05, 4.69) is 61.9 Å². The first-order valence-electron chi connectivity index (χ1n) is 13.3. The summed E-state index contributed by atoms with van der Waals surface area (Å²) in [5, 5.41) is 15.0. The molecule has 9 heteroatoms. The van der Waals surface area contributed by atoms with Crippen LogP contribution in [0.1, 0.15) is 12.0 Å². The molecule has 0 atom stereocenters. The Balaban J connectivity index is 1.32. The van der Waals surface area contributed by atoms with E-state index in [1.807, 2.05) is 29.3 Å². The van der Waals surface area contributed by atoms with Gasteiger partial charge in [0.25, 0.3) is 0 Å². The number of nitrogens with zero attached hydrogens (tertiary/aromatic N) is 6. The molecular formula is C29H35N7O2. The van der Waals surface area contributed by atoms with Gasteiger partial charge in [0.15, 0.2) is 0 Å². The van der Waals surface area contributed by atoms with Crippen molar-refractivity contribution in [2.75, 3.05) is 65.7 Å². The largest absolute Gasteiger partial charge is 0.379 e. The Morgan fingerprint density at radius 1 is 1.03 bits per heavy atom. The van der Waals surface area contributed by atoms with E-state index in [0.717, 1.165) is 112 Å². The van der Waals surface area contributed by atoms with Crippen LogP contribution in [-0.2, 0) is 16.0 Å². The number of fused-ring (bicyclic) bond motifs is 1. The minimum atomic E-state index is 0.415. The molecule has 0 radical (unpaired) electrons. The number of nitriles is 1. The number of ether oxygens (including phenoxy) is 2. The number of nitrogens with one attached hydrogen (secondary N) is 1. The second-order valence-corrected chi connectivity index (χ2v) is 9.65. The zero-order valence-electron chi connectivity index (χ0n) is 21.8. The van der Waals surface area contributed by atoms with E-state index >= 15 is 0 Å². The van der Waals surface area contributed by atoms with Crippen molar-refractivity contribution in [3.8, 4) is 17.2 Å². The zero-order chi connectivity index (χ0) is 26.2. The summed E-state index contributed by atoms with van der Waals surface area (Å²) >= 11 is 0. The minimum Gasteiger partial charge on any atom is -0.379 e. The highest BCUT2D eigenvalue weighted by Crippen LogP contribution is 2.30. The van der Waals surface area contributed by atoms with Crippen LogP contribution in [0.25, 0.3) is 27.7 Å². The Morgan fingerprint density at radius 3 is 2.50 bits per heavy atom. The lowest BCUT2D eigenvalue weighted by Gasteiger charge is -2.26. The number of allylic oxidation sites excluding steroid dienone is 4. The van der Waals surface area contributed by atoms with Crippen molar-refractivity contribution in [3.05, 3.63) is 66.8 Å². The predicted octanol–water partition coefficient (Wildman–Crippen LogP) is 3.50. The normalized spacial score (nSPS) is 17.8. The number of morpholine rings is 2. The van der Waals surface area contributed by atoms with Crippen molar-refractivity contribution in [3.63, 3.8) is 0 Å². The summed E-state index contributed by atoms with van der Waals surface area (Å²) in [5.74, 6) is 0. The van der Waals surface area contributed by atoms with Gasteiger partial charge in [0.1, 0.15) is 5.65 Å². The SMILES string of the molecule is C=C(C#N)/C=C(\C=C/CCN1CCOCC1)c1c[nH]c2ncc(-c3cnn(CCN4CCOCC4)c3)cc12. The van der Waals surface area contributed by atoms with Gasteiger partial charge < -0.3 is 14.5 Å². The minimum absolute atomic E-state index is 0.415. The number of hydrogen-bond donors (Lipinski definition) is 1. The van der Waals surface area contributed by atoms with Gasteiger partial charge in [-0.3, -0.25) is 14.5 Å². The van der Waals surface area contributed by atoms with E-state index in [1.54, 1.807) is 0 Å². The lowest BCUT2D eigenvalue weighted by Crippen LogP contribution is -2.38. The fourth-order valence-corrected chi connectivity index (χ4v) is 4.83. The monoisotopic (exact) mass is 513 g/mol. The number of hydrogen-bond acceptors (Lipinski definition) is 7. The quantitative estimate of drug-likeness (QED) is 0.327. The molecule has 3 aromatic heterocycles. The Morgan fingerprint density at radius 2 is 1.76 bits per heavy atom. The van der Waals surface area contributed by atoms with Gasteiger partial charge in [-0.05, 0) is 24.1 Å². The van der Waals surface area contributed by atoms with E-state index in [-0.39, 0.29) is 0 Å². The second-order valence-electron chi connectivity index (χ2n) is 9.65. The van der Waals surface area contributed by atoms with Crippen molar-refractivity contribution in [2.45, 2.75) is 13.0 Å². The molecule has 0 bridgehead atoms. The molecule has 0 aromatic carbocycles. The summed E-state index contributed by atoms with van der Waals surface area (Å²) in [5.41, 5.74) is 5.18. The van der Waals surface area contributed by atoms with Gasteiger partial charge >= 0.3 is 0 Å². The Bertz CT molecular complexity index is 1330. The number of rotatable bonds is 10. The van der Waals surface area contributed by atoms with Gasteiger partial charge in [0, 0.05) is 85.5 Å². The molecule has 9 nitrogen and oxygen atoms in total. The van der Waals surface area contributed by atoms with Crippen LogP contribution in [0.5, 0.6) is 0 Å². The van der Waals surface area contributed by atoms with Crippen LogP contribution in [0.3, 0.4) is 0 Å². The Hall–Kier alpha value is -3.55. The van der Waals surface area contributed by atoms with Gasteiger partial charge in [-0.2, -0.15) is 10.4 Å². The van der Waals surface area contributed by atoms with Gasteiger partial charge in [-0.15, -0.1) is 0 Å². The molecule has 0 unspecified atom stereocenters. The lowest BCUT2D eigenvalue weighted by molar-refractivity contribution is 0.0360. The third-order valence-electron chi connectivity index (χ3n) is 7.04. The molecule has 2 aliphatic rings. The molecule has 0 aliphatic carbocycles. The van der Waals surface area contributed by atoms with Crippen LogP contribution in [0.2, 0.25) is 0 Å². The van der Waals surface area contributed by atoms with Crippen molar-refractivity contribution < 1.29 is 9.47 Å². The van der Waals surface area contributed by atoms with E-state index < -0.39 is 0 Å². The molecule has 2 saturated heterocycles. The van der Waals surface area contributed by atoms with Crippen LogP contribution in [0.4, 0.5) is 0 Å². The number of aromatic amines is 1. The first-order chi connectivity index (χ1) is 18.7. The highest BCUT2D eigenvalue weighted by molar-refractivity contribution is 5.96. The summed E-state index contributed by atoms with van der Waals surface area (Å²) in [6.07, 6.45) is 14.8. The summed E-state index contributed by atoms with van der Waals surface area (Å²) in [6.45, 7) is 13.8. The molecular weight excluding hydrogens is 478 g/mol. The Kier molecular flexibility index (Phi) is 8.78. The van der Waals surface area contributed by atoms with E-state index in [9.17, 15) is 5.26 Å². The van der Waals surface area contributed by atoms with Gasteiger partial charge in [0.2, 0.25) is 0 Å². The summed E-state index contributed by atoms with van der Waals surface area (Å²) in [6, 6.07) is 4.29. The van der Waals surface area contributed by atoms with Crippen molar-refractivity contribution in [1.29, 1.82) is 5.26 Å². The fourth-order valence-electron chi connectivity index (χ4n) is 4.83. The maximum atomic E-state index is 9.38. The molecule has 0 amide bonds. The van der Waals surface area contributed by atoms with Crippen molar-refractivity contribution in [1.82, 2.24) is 29.5 Å². The molecule has 0 saturated carbocycles. The maximum Gasteiger partial charge on any atom is 0.137 e. The van der Waals surface area contributed by atoms with Gasteiger partial charge in [-0.1, -0.05) is 18.7 Å². The van der Waals surface area contributed by atoms with Gasteiger partial charge in [-0.25, -0.2) is 4.98 Å². The summed E-state index contributed by atoms with van der Waals surface area (Å²) < 4.78 is 12.9. The molecule has 5 heterocycles. The van der Waals surface area contributed by atoms with E-state index in [4.69, 9.17) is 9.47 Å². The number of pyridine rings is 1. The molecule has 1 N–H and O–H groups in total. The topological polar surface area (TPSA) is 95.2 Å². The summed E-state index contributed by atoms with van der Waals surface area (Å²) in [7, 11) is 0. The highest BCUT2D eigenvalue weighted by atomic mass is 16.5. The third kappa shape index (κ3) is 6.65. The average molecular weight is 514 g/mol. The van der Waals surface area contributed by atoms with Crippen LogP contribution in [0, 0.1) is 11.3 Å². The smallest absolute Gasteiger partial charge is 0.137 e. The van der Waals surface area contributed by atoms with Crippen molar-refractivity contribution >= 4 is 16.6 Å². The molecule has 198 valence electrons. The molecule has 5 rings (SSSR count). The Labute approximate surface area is 223 Å².